The van der Waals surface area contributed by atoms with E-state index in [2.05, 4.69) is 185 Å². The number of thiazole rings is 1. The summed E-state index contributed by atoms with van der Waals surface area (Å²) in [6.07, 6.45) is 0. The molecule has 0 spiro atoms. The highest BCUT2D eigenvalue weighted by atomic mass is 32.1. The van der Waals surface area contributed by atoms with E-state index >= 15 is 0 Å². The van der Waals surface area contributed by atoms with Gasteiger partial charge in [-0.3, -0.25) is 4.57 Å². The number of fused-ring (bicyclic) bond motifs is 8. The molecule has 0 saturated heterocycles. The molecule has 8 aromatic carbocycles. The second-order valence-electron chi connectivity index (χ2n) is 14.7. The average Bonchev–Trinajstić information content (AvgIpc) is 4.00. The van der Waals surface area contributed by atoms with Gasteiger partial charge >= 0.3 is 0 Å². The van der Waals surface area contributed by atoms with Crippen molar-refractivity contribution < 1.29 is 0 Å². The summed E-state index contributed by atoms with van der Waals surface area (Å²) in [6, 6.07) is 67.9. The molecule has 0 atom stereocenters. The van der Waals surface area contributed by atoms with Gasteiger partial charge in [-0.15, -0.1) is 11.3 Å². The van der Waals surface area contributed by atoms with E-state index in [0.717, 1.165) is 87.0 Å². The van der Waals surface area contributed by atoms with Crippen LogP contribution in [0.3, 0.4) is 0 Å². The van der Waals surface area contributed by atoms with Crippen LogP contribution in [0, 0.1) is 0 Å². The monoisotopic (exact) mass is 772 g/mol. The molecule has 0 aliphatic carbocycles. The first-order valence-corrected chi connectivity index (χ1v) is 20.5. The van der Waals surface area contributed by atoms with Crippen LogP contribution in [0.2, 0.25) is 0 Å². The van der Waals surface area contributed by atoms with Crippen LogP contribution in [0.15, 0.2) is 194 Å². The number of hydrogen-bond acceptors (Lipinski definition) is 5. The van der Waals surface area contributed by atoms with Crippen molar-refractivity contribution in [1.29, 1.82) is 0 Å². The van der Waals surface area contributed by atoms with Crippen LogP contribution in [0.4, 0.5) is 0 Å². The minimum absolute atomic E-state index is 0.545. The third-order valence-electron chi connectivity index (χ3n) is 11.2. The van der Waals surface area contributed by atoms with E-state index in [1.54, 1.807) is 11.3 Å². The van der Waals surface area contributed by atoms with Gasteiger partial charge in [0.15, 0.2) is 11.6 Å². The highest BCUT2D eigenvalue weighted by Crippen LogP contribution is 2.42. The fourth-order valence-electron chi connectivity index (χ4n) is 8.57. The Bertz CT molecular complexity index is 3550. The summed E-state index contributed by atoms with van der Waals surface area (Å²) in [4.78, 5) is 21.3. The molecule has 59 heavy (non-hydrogen) atoms. The maximum Gasteiger partial charge on any atom is 0.238 e. The quantitative estimate of drug-likeness (QED) is 0.169. The lowest BCUT2D eigenvalue weighted by atomic mass is 10.0. The van der Waals surface area contributed by atoms with Gasteiger partial charge in [0, 0.05) is 43.9 Å². The predicted octanol–water partition coefficient (Wildman–Crippen LogP) is 13.3. The second kappa shape index (κ2) is 13.4. The lowest BCUT2D eigenvalue weighted by molar-refractivity contribution is 0.954. The average molecular weight is 773 g/mol. The largest absolute Gasteiger partial charge is 0.307 e. The summed E-state index contributed by atoms with van der Waals surface area (Å²) in [6.45, 7) is 0. The zero-order valence-corrected chi connectivity index (χ0v) is 32.4. The van der Waals surface area contributed by atoms with Gasteiger partial charge in [0.25, 0.3) is 0 Å². The normalized spacial score (nSPS) is 11.7. The van der Waals surface area contributed by atoms with E-state index in [4.69, 9.17) is 19.9 Å². The van der Waals surface area contributed by atoms with Crippen molar-refractivity contribution in [3.63, 3.8) is 0 Å². The van der Waals surface area contributed by atoms with E-state index in [9.17, 15) is 0 Å². The summed E-state index contributed by atoms with van der Waals surface area (Å²) in [5.41, 5.74) is 11.4. The molecule has 0 amide bonds. The predicted molar refractivity (Wildman–Crippen MR) is 243 cm³/mol. The molecule has 6 nitrogen and oxygen atoms in total. The van der Waals surface area contributed by atoms with E-state index in [1.807, 2.05) is 18.2 Å². The molecule has 0 N–H and O–H groups in total. The van der Waals surface area contributed by atoms with Crippen molar-refractivity contribution in [2.24, 2.45) is 0 Å². The molecule has 12 rings (SSSR count). The first kappa shape index (κ1) is 33.4. The molecule has 4 aromatic heterocycles. The first-order chi connectivity index (χ1) is 29.3. The summed E-state index contributed by atoms with van der Waals surface area (Å²) >= 11 is 1.66. The summed E-state index contributed by atoms with van der Waals surface area (Å²) < 4.78 is 5.67. The molecule has 4 heterocycles. The Morgan fingerprint density at radius 2 is 0.932 bits per heavy atom. The molecule has 12 aromatic rings. The number of rotatable bonds is 6. The van der Waals surface area contributed by atoms with Crippen molar-refractivity contribution in [2.75, 3.05) is 0 Å². The van der Waals surface area contributed by atoms with E-state index < -0.39 is 0 Å². The number of aromatic nitrogens is 6. The molecule has 0 aliphatic heterocycles. The topological polar surface area (TPSA) is 61.4 Å². The van der Waals surface area contributed by atoms with Gasteiger partial charge in [0.05, 0.1) is 32.3 Å². The molecule has 0 radical (unpaired) electrons. The Hall–Kier alpha value is -7.74. The zero-order chi connectivity index (χ0) is 38.9. The summed E-state index contributed by atoms with van der Waals surface area (Å²) in [7, 11) is 0. The van der Waals surface area contributed by atoms with Crippen LogP contribution >= 0.6 is 11.3 Å². The Kier molecular flexibility index (Phi) is 7.61. The van der Waals surface area contributed by atoms with Crippen LogP contribution in [-0.4, -0.2) is 29.1 Å². The number of benzene rings is 8. The highest BCUT2D eigenvalue weighted by Gasteiger charge is 2.24. The van der Waals surface area contributed by atoms with Gasteiger partial charge in [0.2, 0.25) is 5.95 Å². The van der Waals surface area contributed by atoms with E-state index in [-0.39, 0.29) is 0 Å². The van der Waals surface area contributed by atoms with Gasteiger partial charge in [-0.25, -0.2) is 9.97 Å². The summed E-state index contributed by atoms with van der Waals surface area (Å²) in [5, 5.41) is 5.55. The molecular formula is C52H32N6S. The van der Waals surface area contributed by atoms with E-state index in [1.165, 1.54) is 5.39 Å². The van der Waals surface area contributed by atoms with E-state index in [0.29, 0.717) is 17.6 Å². The highest BCUT2D eigenvalue weighted by molar-refractivity contribution is 7.22. The SMILES string of the molecule is c1ccc(-c2cccc(-c3nc(-c4cccc5nc(-c6ccccc6)sc45)nc(-n4c5ccccc5c5ccc6c7ccccc7n(-c7ccccc7)c6c54)n3)c2)cc1. The molecule has 0 saturated carbocycles. The van der Waals surface area contributed by atoms with Crippen molar-refractivity contribution in [2.45, 2.75) is 0 Å². The molecule has 0 bridgehead atoms. The number of nitrogens with zero attached hydrogens (tertiary/aromatic N) is 6. The molecule has 0 aliphatic rings. The maximum absolute atomic E-state index is 5.46. The minimum atomic E-state index is 0.545. The van der Waals surface area contributed by atoms with Gasteiger partial charge in [-0.2, -0.15) is 9.97 Å². The molecular weight excluding hydrogens is 741 g/mol. The third kappa shape index (κ3) is 5.40. The fourth-order valence-corrected chi connectivity index (χ4v) is 9.64. The van der Waals surface area contributed by atoms with Crippen molar-refractivity contribution in [1.82, 2.24) is 29.1 Å². The smallest absolute Gasteiger partial charge is 0.238 e. The van der Waals surface area contributed by atoms with Gasteiger partial charge in [-0.1, -0.05) is 152 Å². The zero-order valence-electron chi connectivity index (χ0n) is 31.6. The van der Waals surface area contributed by atoms with Crippen LogP contribution in [0.25, 0.3) is 110 Å². The van der Waals surface area contributed by atoms with Crippen LogP contribution < -0.4 is 0 Å². The van der Waals surface area contributed by atoms with Gasteiger partial charge < -0.3 is 4.57 Å². The Morgan fingerprint density at radius 3 is 1.66 bits per heavy atom. The molecule has 7 heteroatoms. The third-order valence-corrected chi connectivity index (χ3v) is 12.4. The molecule has 276 valence electrons. The number of hydrogen-bond donors (Lipinski definition) is 0. The molecule has 0 unspecified atom stereocenters. The van der Waals surface area contributed by atoms with Gasteiger partial charge in [-0.05, 0) is 53.6 Å². The summed E-state index contributed by atoms with van der Waals surface area (Å²) in [5.74, 6) is 1.73. The van der Waals surface area contributed by atoms with Crippen LogP contribution in [0.1, 0.15) is 0 Å². The second-order valence-corrected chi connectivity index (χ2v) is 15.7. The standard InChI is InChI=1S/C52H32N6S/c1-4-16-33(17-5-1)35-20-14-21-36(32-35)49-54-50(42-26-15-27-43-48(42)59-51(53-43)34-18-6-2-7-19-34)56-52(55-49)58-45-29-13-11-25-39(45)41-31-30-40-38-24-10-12-28-44(38)57(46(40)47(41)58)37-22-8-3-9-23-37/h1-32H. The van der Waals surface area contributed by atoms with Crippen molar-refractivity contribution >= 4 is 65.2 Å². The first-order valence-electron chi connectivity index (χ1n) is 19.7. The Balaban J connectivity index is 1.19. The number of para-hydroxylation sites is 3. The van der Waals surface area contributed by atoms with Crippen LogP contribution in [-0.2, 0) is 0 Å². The van der Waals surface area contributed by atoms with Crippen molar-refractivity contribution in [3.05, 3.63) is 194 Å². The fraction of sp³-hybridized carbons (Fsp3) is 0. The lowest BCUT2D eigenvalue weighted by Gasteiger charge is -2.13. The Morgan fingerprint density at radius 1 is 0.373 bits per heavy atom. The lowest BCUT2D eigenvalue weighted by Crippen LogP contribution is -2.07. The minimum Gasteiger partial charge on any atom is -0.307 e. The molecule has 0 fully saturated rings. The van der Waals surface area contributed by atoms with Crippen molar-refractivity contribution in [3.8, 4) is 56.1 Å². The maximum atomic E-state index is 5.46. The van der Waals surface area contributed by atoms with Crippen LogP contribution in [0.5, 0.6) is 0 Å². The van der Waals surface area contributed by atoms with Gasteiger partial charge in [0.1, 0.15) is 5.01 Å². The Labute approximate surface area is 343 Å².